The van der Waals surface area contributed by atoms with E-state index in [4.69, 9.17) is 0 Å². The van der Waals surface area contributed by atoms with Gasteiger partial charge in [0.1, 0.15) is 0 Å². The van der Waals surface area contributed by atoms with E-state index >= 15 is 0 Å². The van der Waals surface area contributed by atoms with Crippen molar-refractivity contribution in [1.29, 1.82) is 0 Å². The number of benzene rings is 1. The summed E-state index contributed by atoms with van der Waals surface area (Å²) in [6.45, 7) is 2.10. The number of hydrogen-bond acceptors (Lipinski definition) is 4. The molecule has 1 saturated heterocycles. The second kappa shape index (κ2) is 7.17. The SMILES string of the molecule is CC1C(NC(=O)/C=C/c2ccccc2)NNC1c1ccncc1. The molecule has 2 aromatic rings. The van der Waals surface area contributed by atoms with Crippen molar-refractivity contribution in [3.8, 4) is 0 Å². The van der Waals surface area contributed by atoms with Crippen LogP contribution in [0.25, 0.3) is 6.08 Å². The van der Waals surface area contributed by atoms with Gasteiger partial charge in [0.25, 0.3) is 0 Å². The van der Waals surface area contributed by atoms with Crippen LogP contribution >= 0.6 is 0 Å². The molecule has 0 saturated carbocycles. The van der Waals surface area contributed by atoms with Crippen LogP contribution in [-0.2, 0) is 4.79 Å². The second-order valence-corrected chi connectivity index (χ2v) is 5.64. The summed E-state index contributed by atoms with van der Waals surface area (Å²) in [6, 6.07) is 13.9. The third-order valence-electron chi connectivity index (χ3n) is 4.04. The molecule has 1 aliphatic rings. The first-order chi connectivity index (χ1) is 11.2. The molecule has 3 unspecified atom stereocenters. The second-order valence-electron chi connectivity index (χ2n) is 5.64. The van der Waals surface area contributed by atoms with E-state index in [1.54, 1.807) is 18.5 Å². The van der Waals surface area contributed by atoms with Crippen molar-refractivity contribution in [1.82, 2.24) is 21.2 Å². The van der Waals surface area contributed by atoms with Gasteiger partial charge in [-0.1, -0.05) is 37.3 Å². The van der Waals surface area contributed by atoms with Gasteiger partial charge in [-0.3, -0.25) is 9.78 Å². The number of carbonyl (C=O) groups is 1. The van der Waals surface area contributed by atoms with Crippen molar-refractivity contribution >= 4 is 12.0 Å². The summed E-state index contributed by atoms with van der Waals surface area (Å²) in [7, 11) is 0. The van der Waals surface area contributed by atoms with Crippen LogP contribution in [-0.4, -0.2) is 17.1 Å². The molecule has 0 aliphatic carbocycles. The Morgan fingerprint density at radius 3 is 2.61 bits per heavy atom. The topological polar surface area (TPSA) is 66.1 Å². The Morgan fingerprint density at radius 2 is 1.87 bits per heavy atom. The molecule has 0 radical (unpaired) electrons. The van der Waals surface area contributed by atoms with Gasteiger partial charge in [0.05, 0.1) is 12.2 Å². The number of carbonyl (C=O) groups excluding carboxylic acids is 1. The normalized spacial score (nSPS) is 24.0. The number of pyridine rings is 1. The van der Waals surface area contributed by atoms with E-state index in [2.05, 4.69) is 28.1 Å². The van der Waals surface area contributed by atoms with Gasteiger partial charge < -0.3 is 5.32 Å². The zero-order valence-corrected chi connectivity index (χ0v) is 12.9. The van der Waals surface area contributed by atoms with Gasteiger partial charge in [-0.25, -0.2) is 10.9 Å². The van der Waals surface area contributed by atoms with Crippen LogP contribution in [0.3, 0.4) is 0 Å². The van der Waals surface area contributed by atoms with Crippen molar-refractivity contribution in [2.75, 3.05) is 0 Å². The van der Waals surface area contributed by atoms with Crippen molar-refractivity contribution in [2.45, 2.75) is 19.1 Å². The number of amides is 1. The van der Waals surface area contributed by atoms with E-state index in [0.717, 1.165) is 11.1 Å². The highest BCUT2D eigenvalue weighted by Crippen LogP contribution is 2.26. The Morgan fingerprint density at radius 1 is 1.13 bits per heavy atom. The molecular formula is C18H20N4O. The van der Waals surface area contributed by atoms with Crippen molar-refractivity contribution in [3.05, 3.63) is 72.1 Å². The number of hydrazine groups is 1. The van der Waals surface area contributed by atoms with E-state index < -0.39 is 0 Å². The molecule has 5 heteroatoms. The zero-order chi connectivity index (χ0) is 16.1. The fourth-order valence-corrected chi connectivity index (χ4v) is 2.70. The summed E-state index contributed by atoms with van der Waals surface area (Å²) < 4.78 is 0. The Labute approximate surface area is 135 Å². The van der Waals surface area contributed by atoms with E-state index in [0.29, 0.717) is 0 Å². The molecule has 118 valence electrons. The minimum absolute atomic E-state index is 0.115. The average Bonchev–Trinajstić information content (AvgIpc) is 2.95. The van der Waals surface area contributed by atoms with Crippen molar-refractivity contribution in [2.24, 2.45) is 5.92 Å². The lowest BCUT2D eigenvalue weighted by Crippen LogP contribution is -2.45. The van der Waals surface area contributed by atoms with E-state index in [9.17, 15) is 4.79 Å². The minimum atomic E-state index is -0.124. The lowest BCUT2D eigenvalue weighted by molar-refractivity contribution is -0.117. The number of rotatable bonds is 4. The summed E-state index contributed by atoms with van der Waals surface area (Å²) in [5.41, 5.74) is 8.54. The minimum Gasteiger partial charge on any atom is -0.336 e. The predicted octanol–water partition coefficient (Wildman–Crippen LogP) is 2.02. The van der Waals surface area contributed by atoms with Crippen LogP contribution < -0.4 is 16.2 Å². The summed E-state index contributed by atoms with van der Waals surface area (Å²) in [5.74, 6) is 0.0989. The number of aromatic nitrogens is 1. The maximum Gasteiger partial charge on any atom is 0.245 e. The molecule has 1 aromatic heterocycles. The monoisotopic (exact) mass is 308 g/mol. The molecular weight excluding hydrogens is 288 g/mol. The quantitative estimate of drug-likeness (QED) is 0.756. The maximum atomic E-state index is 12.1. The van der Waals surface area contributed by atoms with Crippen LogP contribution in [0.1, 0.15) is 24.1 Å². The molecule has 2 heterocycles. The number of nitrogens with one attached hydrogen (secondary N) is 3. The average molecular weight is 308 g/mol. The summed E-state index contributed by atoms with van der Waals surface area (Å²) in [4.78, 5) is 16.1. The van der Waals surface area contributed by atoms with Crippen LogP contribution in [0.15, 0.2) is 60.9 Å². The summed E-state index contributed by atoms with van der Waals surface area (Å²) in [5, 5.41) is 2.98. The standard InChI is InChI=1S/C18H20N4O/c1-13-17(15-9-11-19-12-10-15)21-22-18(13)20-16(23)8-7-14-5-3-2-4-6-14/h2-13,17-18,21-22H,1H3,(H,20,23)/b8-7+. The summed E-state index contributed by atoms with van der Waals surface area (Å²) in [6.07, 6.45) is 6.80. The molecule has 3 atom stereocenters. The molecule has 23 heavy (non-hydrogen) atoms. The number of hydrogen-bond donors (Lipinski definition) is 3. The zero-order valence-electron chi connectivity index (χ0n) is 12.9. The van der Waals surface area contributed by atoms with Gasteiger partial charge in [0.2, 0.25) is 5.91 Å². The molecule has 0 bridgehead atoms. The van der Waals surface area contributed by atoms with E-state index in [-0.39, 0.29) is 24.0 Å². The molecule has 3 rings (SSSR count). The van der Waals surface area contributed by atoms with E-state index in [1.807, 2.05) is 48.5 Å². The molecule has 0 spiro atoms. The Kier molecular flexibility index (Phi) is 4.80. The largest absolute Gasteiger partial charge is 0.336 e. The molecule has 1 amide bonds. The van der Waals surface area contributed by atoms with Gasteiger partial charge in [0.15, 0.2) is 0 Å². The Bertz CT molecular complexity index is 672. The first-order valence-electron chi connectivity index (χ1n) is 7.68. The fourth-order valence-electron chi connectivity index (χ4n) is 2.70. The van der Waals surface area contributed by atoms with Crippen molar-refractivity contribution in [3.63, 3.8) is 0 Å². The fraction of sp³-hybridized carbons (Fsp3) is 0.222. The lowest BCUT2D eigenvalue weighted by atomic mass is 9.95. The third kappa shape index (κ3) is 3.83. The highest BCUT2D eigenvalue weighted by Gasteiger charge is 2.33. The van der Waals surface area contributed by atoms with Crippen molar-refractivity contribution < 1.29 is 4.79 Å². The number of nitrogens with zero attached hydrogens (tertiary/aromatic N) is 1. The highest BCUT2D eigenvalue weighted by atomic mass is 16.1. The van der Waals surface area contributed by atoms with Crippen LogP contribution in [0.2, 0.25) is 0 Å². The van der Waals surface area contributed by atoms with E-state index in [1.165, 1.54) is 0 Å². The maximum absolute atomic E-state index is 12.1. The smallest absolute Gasteiger partial charge is 0.245 e. The molecule has 5 nitrogen and oxygen atoms in total. The van der Waals surface area contributed by atoms with Crippen LogP contribution in [0.4, 0.5) is 0 Å². The predicted molar refractivity (Wildman–Crippen MR) is 89.8 cm³/mol. The van der Waals surface area contributed by atoms with Gasteiger partial charge in [-0.15, -0.1) is 0 Å². The third-order valence-corrected chi connectivity index (χ3v) is 4.04. The van der Waals surface area contributed by atoms with Gasteiger partial charge in [0, 0.05) is 24.4 Å². The first kappa shape index (κ1) is 15.4. The van der Waals surface area contributed by atoms with Gasteiger partial charge in [-0.2, -0.15) is 0 Å². The van der Waals surface area contributed by atoms with Gasteiger partial charge in [-0.05, 0) is 29.3 Å². The Balaban J connectivity index is 1.58. The van der Waals surface area contributed by atoms with Gasteiger partial charge >= 0.3 is 0 Å². The van der Waals surface area contributed by atoms with Crippen LogP contribution in [0, 0.1) is 5.92 Å². The molecule has 1 aliphatic heterocycles. The van der Waals surface area contributed by atoms with Crippen LogP contribution in [0.5, 0.6) is 0 Å². The first-order valence-corrected chi connectivity index (χ1v) is 7.68. The summed E-state index contributed by atoms with van der Waals surface area (Å²) >= 11 is 0. The molecule has 3 N–H and O–H groups in total. The lowest BCUT2D eigenvalue weighted by Gasteiger charge is -2.19. The molecule has 1 fully saturated rings. The Hall–Kier alpha value is -2.50. The highest BCUT2D eigenvalue weighted by molar-refractivity contribution is 5.91. The molecule has 1 aromatic carbocycles.